The lowest BCUT2D eigenvalue weighted by atomic mass is 9.41. The van der Waals surface area contributed by atoms with Crippen LogP contribution in [0.15, 0.2) is 0 Å². The maximum Gasteiger partial charge on any atom is 0.0939 e. The summed E-state index contributed by atoms with van der Waals surface area (Å²) in [5, 5.41) is 0. The smallest absolute Gasteiger partial charge is 0.0939 e. The van der Waals surface area contributed by atoms with E-state index in [9.17, 15) is 0 Å². The Morgan fingerprint density at radius 2 is 1.50 bits per heavy atom. The first-order valence-electron chi connectivity index (χ1n) is 14.6. The Bertz CT molecular complexity index is 777. The van der Waals surface area contributed by atoms with E-state index in [2.05, 4.69) is 48.5 Å². The van der Waals surface area contributed by atoms with Crippen molar-refractivity contribution in [1.29, 1.82) is 0 Å². The summed E-state index contributed by atoms with van der Waals surface area (Å²) in [5.74, 6) is 4.59. The zero-order valence-electron chi connectivity index (χ0n) is 22.5. The fourth-order valence-electron chi connectivity index (χ4n) is 11.6. The van der Waals surface area contributed by atoms with Gasteiger partial charge in [-0.15, -0.1) is 0 Å². The van der Waals surface area contributed by atoms with Crippen molar-refractivity contribution in [2.75, 3.05) is 6.61 Å². The molecule has 0 aromatic carbocycles. The summed E-state index contributed by atoms with van der Waals surface area (Å²) in [5.41, 5.74) is 3.48. The van der Waals surface area contributed by atoms with Crippen LogP contribution in [0.2, 0.25) is 0 Å². The Hall–Kier alpha value is -0.0400. The largest absolute Gasteiger partial charge is 0.369 e. The molecule has 0 aromatic rings. The fourth-order valence-corrected chi connectivity index (χ4v) is 11.6. The van der Waals surface area contributed by atoms with Crippen LogP contribution in [0.5, 0.6) is 0 Å². The molecule has 6 fully saturated rings. The number of ether oxygens (including phenoxy) is 1. The van der Waals surface area contributed by atoms with E-state index in [1.807, 2.05) is 0 Å². The molecule has 182 valence electrons. The van der Waals surface area contributed by atoms with E-state index in [0.29, 0.717) is 22.2 Å². The lowest BCUT2D eigenvalue weighted by molar-refractivity contribution is -0.146. The molecule has 0 bridgehead atoms. The van der Waals surface area contributed by atoms with Crippen molar-refractivity contribution < 1.29 is 4.74 Å². The van der Waals surface area contributed by atoms with Gasteiger partial charge in [0.05, 0.1) is 12.2 Å². The van der Waals surface area contributed by atoms with Crippen LogP contribution in [0, 0.1) is 56.7 Å². The number of hydrogen-bond acceptors (Lipinski definition) is 1. The van der Waals surface area contributed by atoms with Gasteiger partial charge in [-0.05, 0) is 127 Å². The molecular formula is C31H52O. The minimum atomic E-state index is 0.253. The van der Waals surface area contributed by atoms with Crippen molar-refractivity contribution >= 4 is 0 Å². The first-order chi connectivity index (χ1) is 15.0. The maximum atomic E-state index is 5.94. The standard InChI is InChI=1S/C31H52O/c1-21(2)31(20-32-31)14-8-9-23-13-15-28(7)25-11-10-24-26(4,5)22(3)12-16-29(24)19-30(25,29)18-17-27(23,28)6/h21-25H,8-20H2,1-7H3. The summed E-state index contributed by atoms with van der Waals surface area (Å²) in [6.07, 6.45) is 18.0. The Morgan fingerprint density at radius 1 is 0.812 bits per heavy atom. The van der Waals surface area contributed by atoms with Crippen molar-refractivity contribution in [2.24, 2.45) is 56.7 Å². The van der Waals surface area contributed by atoms with Gasteiger partial charge < -0.3 is 4.74 Å². The quantitative estimate of drug-likeness (QED) is 0.390. The van der Waals surface area contributed by atoms with Gasteiger partial charge in [-0.3, -0.25) is 0 Å². The molecule has 5 aliphatic carbocycles. The predicted octanol–water partition coefficient (Wildman–Crippen LogP) is 8.66. The van der Waals surface area contributed by atoms with E-state index in [4.69, 9.17) is 4.74 Å². The van der Waals surface area contributed by atoms with Gasteiger partial charge in [0.2, 0.25) is 0 Å². The summed E-state index contributed by atoms with van der Waals surface area (Å²) < 4.78 is 5.94. The highest BCUT2D eigenvalue weighted by Crippen LogP contribution is 2.89. The third-order valence-electron chi connectivity index (χ3n) is 14.6. The van der Waals surface area contributed by atoms with Gasteiger partial charge in [-0.25, -0.2) is 0 Å². The normalized spacial score (nSPS) is 57.4. The highest BCUT2D eigenvalue weighted by Gasteiger charge is 2.81. The fraction of sp³-hybridized carbons (Fsp3) is 1.00. The molecule has 0 radical (unpaired) electrons. The summed E-state index contributed by atoms with van der Waals surface area (Å²) in [4.78, 5) is 0. The highest BCUT2D eigenvalue weighted by atomic mass is 16.6. The molecule has 0 amide bonds. The number of rotatable bonds is 5. The Morgan fingerprint density at radius 3 is 2.19 bits per heavy atom. The number of fused-ring (bicyclic) bond motifs is 2. The van der Waals surface area contributed by atoms with Gasteiger partial charge in [-0.1, -0.05) is 54.9 Å². The molecule has 1 heteroatoms. The summed E-state index contributed by atoms with van der Waals surface area (Å²) in [6, 6.07) is 0. The topological polar surface area (TPSA) is 12.5 Å². The van der Waals surface area contributed by atoms with Gasteiger partial charge in [0.1, 0.15) is 0 Å². The molecule has 32 heavy (non-hydrogen) atoms. The molecule has 5 saturated carbocycles. The van der Waals surface area contributed by atoms with Crippen molar-refractivity contribution in [3.63, 3.8) is 0 Å². The highest BCUT2D eigenvalue weighted by molar-refractivity contribution is 5.30. The van der Waals surface area contributed by atoms with E-state index in [-0.39, 0.29) is 5.60 Å². The van der Waals surface area contributed by atoms with E-state index >= 15 is 0 Å². The zero-order chi connectivity index (χ0) is 22.8. The zero-order valence-corrected chi connectivity index (χ0v) is 22.5. The number of hydrogen-bond donors (Lipinski definition) is 0. The van der Waals surface area contributed by atoms with Crippen LogP contribution in [0.4, 0.5) is 0 Å². The number of epoxide rings is 1. The minimum Gasteiger partial charge on any atom is -0.369 e. The minimum absolute atomic E-state index is 0.253. The molecule has 6 aliphatic rings. The predicted molar refractivity (Wildman–Crippen MR) is 133 cm³/mol. The molecule has 0 N–H and O–H groups in total. The monoisotopic (exact) mass is 440 g/mol. The molecule has 9 unspecified atom stereocenters. The molecule has 9 atom stereocenters. The van der Waals surface area contributed by atoms with Crippen LogP contribution in [0.1, 0.15) is 126 Å². The summed E-state index contributed by atoms with van der Waals surface area (Å²) in [7, 11) is 0. The van der Waals surface area contributed by atoms with Crippen LogP contribution in [-0.4, -0.2) is 12.2 Å². The van der Waals surface area contributed by atoms with Crippen LogP contribution >= 0.6 is 0 Å². The van der Waals surface area contributed by atoms with Gasteiger partial charge in [0.15, 0.2) is 0 Å². The van der Waals surface area contributed by atoms with Crippen molar-refractivity contribution in [3.05, 3.63) is 0 Å². The first-order valence-corrected chi connectivity index (χ1v) is 14.6. The average molecular weight is 441 g/mol. The van der Waals surface area contributed by atoms with E-state index in [0.717, 1.165) is 41.1 Å². The van der Waals surface area contributed by atoms with Gasteiger partial charge in [0, 0.05) is 0 Å². The van der Waals surface area contributed by atoms with Gasteiger partial charge >= 0.3 is 0 Å². The average Bonchev–Trinajstić information content (AvgIpc) is 3.62. The van der Waals surface area contributed by atoms with Crippen LogP contribution in [-0.2, 0) is 4.74 Å². The molecule has 2 spiro atoms. The van der Waals surface area contributed by atoms with Gasteiger partial charge in [-0.2, -0.15) is 0 Å². The van der Waals surface area contributed by atoms with Crippen LogP contribution < -0.4 is 0 Å². The SMILES string of the molecule is CC(C)C1(CCCC2CCC3(C)C4CCC5C(C)(C)C(C)CCC56CC46CCC23C)CO1. The van der Waals surface area contributed by atoms with Gasteiger partial charge in [0.25, 0.3) is 0 Å². The van der Waals surface area contributed by atoms with E-state index < -0.39 is 0 Å². The molecule has 1 heterocycles. The molecule has 1 nitrogen and oxygen atoms in total. The summed E-state index contributed by atoms with van der Waals surface area (Å²) >= 11 is 0. The van der Waals surface area contributed by atoms with Crippen molar-refractivity contribution in [3.8, 4) is 0 Å². The third-order valence-corrected chi connectivity index (χ3v) is 14.6. The maximum absolute atomic E-state index is 5.94. The van der Waals surface area contributed by atoms with E-state index in [1.165, 1.54) is 51.4 Å². The summed E-state index contributed by atoms with van der Waals surface area (Å²) in [6.45, 7) is 19.1. The Balaban J connectivity index is 1.21. The lowest BCUT2D eigenvalue weighted by Gasteiger charge is -2.63. The Labute approximate surface area is 199 Å². The molecular weight excluding hydrogens is 388 g/mol. The second-order valence-electron chi connectivity index (χ2n) is 15.4. The Kier molecular flexibility index (Phi) is 4.62. The molecule has 6 rings (SSSR count). The van der Waals surface area contributed by atoms with Crippen LogP contribution in [0.3, 0.4) is 0 Å². The third kappa shape index (κ3) is 2.51. The second-order valence-corrected chi connectivity index (χ2v) is 15.4. The van der Waals surface area contributed by atoms with E-state index in [1.54, 1.807) is 25.7 Å². The van der Waals surface area contributed by atoms with Crippen molar-refractivity contribution in [2.45, 2.75) is 131 Å². The first kappa shape index (κ1) is 22.4. The molecule has 1 aliphatic heterocycles. The molecule has 1 saturated heterocycles. The van der Waals surface area contributed by atoms with Crippen LogP contribution in [0.25, 0.3) is 0 Å². The second kappa shape index (κ2) is 6.59. The van der Waals surface area contributed by atoms with Crippen molar-refractivity contribution in [1.82, 2.24) is 0 Å². The molecule has 0 aromatic heterocycles. The lowest BCUT2D eigenvalue weighted by Crippen LogP contribution is -2.56.